The molecule has 0 radical (unpaired) electrons. The zero-order chi connectivity index (χ0) is 22.5. The third-order valence-electron chi connectivity index (χ3n) is 3.82. The minimum absolute atomic E-state index is 0.0161. The second kappa shape index (κ2) is 9.34. The molecule has 0 aliphatic rings. The number of halogens is 4. The number of nitrogens with two attached hydrogens (primary N) is 1. The molecule has 2 aromatic carbocycles. The van der Waals surface area contributed by atoms with Gasteiger partial charge in [-0.2, -0.15) is 8.78 Å². The van der Waals surface area contributed by atoms with E-state index in [-0.39, 0.29) is 34.2 Å². The van der Waals surface area contributed by atoms with Crippen molar-refractivity contribution >= 4 is 17.4 Å². The molecular weight excluding hydrogens is 404 g/mol. The first-order chi connectivity index (χ1) is 14.0. The summed E-state index contributed by atoms with van der Waals surface area (Å²) < 4.78 is 61.1. The minimum atomic E-state index is -3.08. The molecule has 5 nitrogen and oxygen atoms in total. The summed E-state index contributed by atoms with van der Waals surface area (Å²) in [5.41, 5.74) is 5.98. The molecule has 0 fully saturated rings. The van der Waals surface area contributed by atoms with Gasteiger partial charge in [-0.25, -0.2) is 8.78 Å². The highest BCUT2D eigenvalue weighted by Crippen LogP contribution is 2.29. The van der Waals surface area contributed by atoms with Gasteiger partial charge in [0, 0.05) is 23.7 Å². The summed E-state index contributed by atoms with van der Waals surface area (Å²) in [5, 5.41) is 2.44. The van der Waals surface area contributed by atoms with Gasteiger partial charge >= 0.3 is 6.61 Å². The topological polar surface area (TPSA) is 73.6 Å². The van der Waals surface area contributed by atoms with E-state index >= 15 is 0 Å². The van der Waals surface area contributed by atoms with Crippen LogP contribution in [0.2, 0.25) is 0 Å². The van der Waals surface area contributed by atoms with E-state index < -0.39 is 18.4 Å². The standard InChI is InChI=1S/C21H20F4N2O3/c1-12(26)18(19(28)27-16-6-4-5-15(11-16)21(3,24)25)29-13(2)14-7-9-17(10-8-14)30-20(22)23/h4-11,20H,2,26H2,1,3H3,(H,27,28)/b18-12-. The Morgan fingerprint density at radius 1 is 1.17 bits per heavy atom. The van der Waals surface area contributed by atoms with Crippen LogP contribution in [0.3, 0.4) is 0 Å². The molecule has 0 bridgehead atoms. The molecule has 3 N–H and O–H groups in total. The molecule has 0 unspecified atom stereocenters. The third kappa shape index (κ3) is 6.26. The van der Waals surface area contributed by atoms with E-state index in [0.717, 1.165) is 13.0 Å². The van der Waals surface area contributed by atoms with Crippen LogP contribution in [0.1, 0.15) is 25.0 Å². The number of hydrogen-bond donors (Lipinski definition) is 2. The highest BCUT2D eigenvalue weighted by molar-refractivity contribution is 6.03. The van der Waals surface area contributed by atoms with Crippen molar-refractivity contribution in [2.75, 3.05) is 5.32 Å². The maximum absolute atomic E-state index is 13.5. The first-order valence-electron chi connectivity index (χ1n) is 8.65. The van der Waals surface area contributed by atoms with Gasteiger partial charge in [0.2, 0.25) is 5.76 Å². The summed E-state index contributed by atoms with van der Waals surface area (Å²) in [4.78, 5) is 12.6. The molecule has 0 aliphatic heterocycles. The second-order valence-electron chi connectivity index (χ2n) is 6.36. The van der Waals surface area contributed by atoms with Gasteiger partial charge in [-0.1, -0.05) is 18.7 Å². The van der Waals surface area contributed by atoms with Crippen molar-refractivity contribution in [2.45, 2.75) is 26.4 Å². The number of ether oxygens (including phenoxy) is 2. The van der Waals surface area contributed by atoms with E-state index in [1.165, 1.54) is 49.4 Å². The fraction of sp³-hybridized carbons (Fsp3) is 0.190. The predicted molar refractivity (Wildman–Crippen MR) is 105 cm³/mol. The Bertz CT molecular complexity index is 947. The van der Waals surface area contributed by atoms with E-state index in [4.69, 9.17) is 10.5 Å². The summed E-state index contributed by atoms with van der Waals surface area (Å²) in [6.45, 7) is 2.89. The summed E-state index contributed by atoms with van der Waals surface area (Å²) in [7, 11) is 0. The zero-order valence-corrected chi connectivity index (χ0v) is 16.2. The van der Waals surface area contributed by atoms with Crippen LogP contribution in [-0.2, 0) is 15.5 Å². The van der Waals surface area contributed by atoms with E-state index in [1.807, 2.05) is 0 Å². The van der Waals surface area contributed by atoms with Crippen molar-refractivity contribution in [3.8, 4) is 5.75 Å². The number of alkyl halides is 4. The Morgan fingerprint density at radius 3 is 2.33 bits per heavy atom. The number of carbonyl (C=O) groups excluding carboxylic acids is 1. The number of nitrogens with one attached hydrogen (secondary N) is 1. The molecule has 0 aromatic heterocycles. The van der Waals surface area contributed by atoms with Gasteiger partial charge in [0.15, 0.2) is 0 Å². The first-order valence-corrected chi connectivity index (χ1v) is 8.65. The predicted octanol–water partition coefficient (Wildman–Crippen LogP) is 5.22. The van der Waals surface area contributed by atoms with Crippen LogP contribution < -0.4 is 15.8 Å². The number of benzene rings is 2. The quantitative estimate of drug-likeness (QED) is 0.346. The van der Waals surface area contributed by atoms with Crippen LogP contribution >= 0.6 is 0 Å². The smallest absolute Gasteiger partial charge is 0.387 e. The second-order valence-corrected chi connectivity index (χ2v) is 6.36. The Balaban J connectivity index is 2.13. The molecule has 0 saturated heterocycles. The number of anilines is 1. The number of hydrogen-bond acceptors (Lipinski definition) is 4. The van der Waals surface area contributed by atoms with Gasteiger partial charge in [0.25, 0.3) is 11.8 Å². The number of carbonyl (C=O) groups is 1. The molecule has 0 saturated carbocycles. The van der Waals surface area contributed by atoms with Crippen molar-refractivity contribution < 1.29 is 31.8 Å². The van der Waals surface area contributed by atoms with Gasteiger partial charge in [0.1, 0.15) is 11.5 Å². The number of allylic oxidation sites excluding steroid dienone is 1. The van der Waals surface area contributed by atoms with Gasteiger partial charge < -0.3 is 20.5 Å². The van der Waals surface area contributed by atoms with Gasteiger partial charge in [0.05, 0.1) is 5.70 Å². The van der Waals surface area contributed by atoms with Crippen molar-refractivity contribution in [1.82, 2.24) is 0 Å². The Morgan fingerprint density at radius 2 is 1.80 bits per heavy atom. The van der Waals surface area contributed by atoms with Crippen LogP contribution in [0.4, 0.5) is 23.2 Å². The molecule has 1 amide bonds. The Kier molecular flexibility index (Phi) is 7.10. The normalized spacial score (nSPS) is 12.2. The fourth-order valence-corrected chi connectivity index (χ4v) is 2.37. The molecule has 160 valence electrons. The van der Waals surface area contributed by atoms with Crippen LogP contribution in [0.15, 0.2) is 66.6 Å². The van der Waals surface area contributed by atoms with Crippen molar-refractivity contribution in [3.63, 3.8) is 0 Å². The van der Waals surface area contributed by atoms with Crippen molar-refractivity contribution in [1.29, 1.82) is 0 Å². The Hall–Kier alpha value is -3.49. The fourth-order valence-electron chi connectivity index (χ4n) is 2.37. The average molecular weight is 424 g/mol. The first kappa shape index (κ1) is 22.8. The summed E-state index contributed by atoms with van der Waals surface area (Å²) in [6, 6.07) is 10.6. The van der Waals surface area contributed by atoms with E-state index in [0.29, 0.717) is 5.56 Å². The zero-order valence-electron chi connectivity index (χ0n) is 16.2. The largest absolute Gasteiger partial charge is 0.450 e. The molecule has 2 aromatic rings. The van der Waals surface area contributed by atoms with E-state index in [2.05, 4.69) is 16.6 Å². The molecule has 0 atom stereocenters. The molecule has 0 aliphatic carbocycles. The maximum Gasteiger partial charge on any atom is 0.387 e. The summed E-state index contributed by atoms with van der Waals surface area (Å²) in [6.07, 6.45) is 0. The van der Waals surface area contributed by atoms with Crippen LogP contribution in [0.5, 0.6) is 5.75 Å². The lowest BCUT2D eigenvalue weighted by molar-refractivity contribution is -0.115. The lowest BCUT2D eigenvalue weighted by Gasteiger charge is -2.16. The van der Waals surface area contributed by atoms with Gasteiger partial charge in [-0.05, 0) is 43.3 Å². The van der Waals surface area contributed by atoms with Crippen LogP contribution in [0.25, 0.3) is 5.76 Å². The van der Waals surface area contributed by atoms with E-state index in [9.17, 15) is 22.4 Å². The minimum Gasteiger partial charge on any atom is -0.450 e. The van der Waals surface area contributed by atoms with Gasteiger partial charge in [-0.15, -0.1) is 0 Å². The van der Waals surface area contributed by atoms with Crippen molar-refractivity contribution in [2.24, 2.45) is 5.73 Å². The number of rotatable bonds is 8. The Labute approximate surface area is 170 Å². The molecule has 0 spiro atoms. The van der Waals surface area contributed by atoms with E-state index in [1.54, 1.807) is 0 Å². The van der Waals surface area contributed by atoms with Gasteiger partial charge in [-0.3, -0.25) is 4.79 Å². The summed E-state index contributed by atoms with van der Waals surface area (Å²) in [5.74, 6) is -4.18. The SMILES string of the molecule is C=C(O/C(C(=O)Nc1cccc(C(C)(F)F)c1)=C(/C)N)c1ccc(OC(F)F)cc1. The molecule has 9 heteroatoms. The molecule has 2 rings (SSSR count). The lowest BCUT2D eigenvalue weighted by atomic mass is 10.1. The highest BCUT2D eigenvalue weighted by Gasteiger charge is 2.25. The molecule has 30 heavy (non-hydrogen) atoms. The lowest BCUT2D eigenvalue weighted by Crippen LogP contribution is -2.20. The molecule has 0 heterocycles. The highest BCUT2D eigenvalue weighted by atomic mass is 19.3. The molecular formula is C21H20F4N2O3. The summed E-state index contributed by atoms with van der Waals surface area (Å²) >= 11 is 0. The van der Waals surface area contributed by atoms with Crippen molar-refractivity contribution in [3.05, 3.63) is 77.7 Å². The average Bonchev–Trinajstić information content (AvgIpc) is 2.65. The van der Waals surface area contributed by atoms with Crippen LogP contribution in [-0.4, -0.2) is 12.5 Å². The maximum atomic E-state index is 13.5. The number of amides is 1. The third-order valence-corrected chi connectivity index (χ3v) is 3.82. The monoisotopic (exact) mass is 424 g/mol. The van der Waals surface area contributed by atoms with Crippen LogP contribution in [0, 0.1) is 0 Å².